The molecule has 0 unspecified atom stereocenters. The lowest BCUT2D eigenvalue weighted by Crippen LogP contribution is -2.25. The summed E-state index contributed by atoms with van der Waals surface area (Å²) in [4.78, 5) is 23.7. The molecule has 3 aromatic carbocycles. The van der Waals surface area contributed by atoms with Crippen molar-refractivity contribution >= 4 is 5.97 Å². The fourth-order valence-corrected chi connectivity index (χ4v) is 5.19. The molecule has 0 radical (unpaired) electrons. The van der Waals surface area contributed by atoms with E-state index >= 15 is 0 Å². The lowest BCUT2D eigenvalue weighted by atomic mass is 9.99. The smallest absolute Gasteiger partial charge is 0.335 e. The van der Waals surface area contributed by atoms with Crippen LogP contribution in [-0.2, 0) is 26.1 Å². The molecule has 0 atom stereocenters. The molecule has 5 rings (SSSR count). The van der Waals surface area contributed by atoms with Crippen molar-refractivity contribution in [2.45, 2.75) is 65.8 Å². The van der Waals surface area contributed by atoms with E-state index in [9.17, 15) is 9.90 Å². The highest BCUT2D eigenvalue weighted by Gasteiger charge is 2.21. The van der Waals surface area contributed by atoms with E-state index in [1.54, 1.807) is 12.1 Å². The number of aromatic nitrogens is 2. The Bertz CT molecular complexity index is 1520. The van der Waals surface area contributed by atoms with Gasteiger partial charge in [0.25, 0.3) is 0 Å². The highest BCUT2D eigenvalue weighted by Crippen LogP contribution is 2.33. The van der Waals surface area contributed by atoms with E-state index in [2.05, 4.69) is 30.0 Å². The summed E-state index contributed by atoms with van der Waals surface area (Å²) in [5.41, 5.74) is 6.34. The Hall–Kier alpha value is -4.43. The van der Waals surface area contributed by atoms with Crippen molar-refractivity contribution < 1.29 is 24.1 Å². The van der Waals surface area contributed by atoms with Gasteiger partial charge in [-0.15, -0.1) is 0 Å². The van der Waals surface area contributed by atoms with Crippen molar-refractivity contribution in [2.75, 3.05) is 13.2 Å². The van der Waals surface area contributed by atoms with Gasteiger partial charge < -0.3 is 19.3 Å². The quantitative estimate of drug-likeness (QED) is 0.181. The van der Waals surface area contributed by atoms with Crippen LogP contribution >= 0.6 is 0 Å². The van der Waals surface area contributed by atoms with Crippen LogP contribution < -0.4 is 14.2 Å². The summed E-state index contributed by atoms with van der Waals surface area (Å²) < 4.78 is 17.7. The molecule has 0 saturated heterocycles. The maximum absolute atomic E-state index is 11.5. The van der Waals surface area contributed by atoms with E-state index in [0.29, 0.717) is 38.9 Å². The fraction of sp³-hybridized carbons (Fsp3) is 0.343. The number of rotatable bonds is 13. The van der Waals surface area contributed by atoms with Gasteiger partial charge in [-0.2, -0.15) is 9.97 Å². The van der Waals surface area contributed by atoms with Crippen molar-refractivity contribution in [2.24, 2.45) is 0 Å². The molecule has 1 N–H and O–H groups in total. The van der Waals surface area contributed by atoms with E-state index in [1.165, 1.54) is 0 Å². The first-order chi connectivity index (χ1) is 20.9. The molecule has 4 aromatic rings. The highest BCUT2D eigenvalue weighted by molar-refractivity contribution is 5.87. The van der Waals surface area contributed by atoms with E-state index in [0.717, 1.165) is 64.4 Å². The first-order valence-corrected chi connectivity index (χ1v) is 14.9. The van der Waals surface area contributed by atoms with Gasteiger partial charge in [0, 0.05) is 30.8 Å². The number of carboxylic acids is 1. The van der Waals surface area contributed by atoms with E-state index in [4.69, 9.17) is 24.2 Å². The molecule has 0 amide bonds. The van der Waals surface area contributed by atoms with Gasteiger partial charge in [-0.1, -0.05) is 61.9 Å². The fourth-order valence-electron chi connectivity index (χ4n) is 5.19. The van der Waals surface area contributed by atoms with Crippen molar-refractivity contribution in [3.63, 3.8) is 0 Å². The molecular weight excluding hydrogens is 542 g/mol. The number of ether oxygens (including phenoxy) is 3. The summed E-state index contributed by atoms with van der Waals surface area (Å²) >= 11 is 0. The topological polar surface area (TPSA) is 94.0 Å². The zero-order valence-electron chi connectivity index (χ0n) is 25.1. The Morgan fingerprint density at radius 2 is 1.60 bits per heavy atom. The lowest BCUT2D eigenvalue weighted by Gasteiger charge is -2.26. The predicted octanol–water partition coefficient (Wildman–Crippen LogP) is 6.95. The van der Waals surface area contributed by atoms with Gasteiger partial charge in [0.05, 0.1) is 23.1 Å². The van der Waals surface area contributed by atoms with Crippen LogP contribution in [0.5, 0.6) is 17.5 Å². The SMILES string of the molecule is CCCCc1c(CN(Cc2ccc(C(=O)O)cc2)Cc2ccc3c(c2)OCCO3)nc(OC(C)C)nc1-c1ccccc1. The first-order valence-electron chi connectivity index (χ1n) is 14.9. The molecule has 224 valence electrons. The summed E-state index contributed by atoms with van der Waals surface area (Å²) in [5, 5.41) is 9.40. The van der Waals surface area contributed by atoms with Gasteiger partial charge in [0.2, 0.25) is 0 Å². The summed E-state index contributed by atoms with van der Waals surface area (Å²) in [6.45, 7) is 8.97. The molecule has 2 heterocycles. The van der Waals surface area contributed by atoms with Crippen LogP contribution in [-0.4, -0.2) is 45.3 Å². The molecule has 43 heavy (non-hydrogen) atoms. The average molecular weight is 582 g/mol. The molecule has 8 heteroatoms. The van der Waals surface area contributed by atoms with E-state index in [-0.39, 0.29) is 11.7 Å². The number of hydrogen-bond donors (Lipinski definition) is 1. The second-order valence-electron chi connectivity index (χ2n) is 11.0. The number of nitrogens with zero attached hydrogens (tertiary/aromatic N) is 3. The third kappa shape index (κ3) is 7.90. The number of aromatic carboxylic acids is 1. The van der Waals surface area contributed by atoms with Gasteiger partial charge in [0.1, 0.15) is 13.2 Å². The molecule has 8 nitrogen and oxygen atoms in total. The second kappa shape index (κ2) is 14.2. The van der Waals surface area contributed by atoms with Crippen LogP contribution in [0.2, 0.25) is 0 Å². The molecule has 1 aliphatic rings. The zero-order valence-corrected chi connectivity index (χ0v) is 25.1. The number of unbranched alkanes of at least 4 members (excludes halogenated alkanes) is 1. The predicted molar refractivity (Wildman–Crippen MR) is 166 cm³/mol. The maximum atomic E-state index is 11.5. The van der Waals surface area contributed by atoms with Crippen LogP contribution in [0.25, 0.3) is 11.3 Å². The van der Waals surface area contributed by atoms with E-state index < -0.39 is 5.97 Å². The Morgan fingerprint density at radius 3 is 2.30 bits per heavy atom. The molecule has 0 saturated carbocycles. The molecule has 0 spiro atoms. The highest BCUT2D eigenvalue weighted by atomic mass is 16.6. The van der Waals surface area contributed by atoms with Gasteiger partial charge in [-0.3, -0.25) is 4.90 Å². The van der Waals surface area contributed by atoms with Crippen LogP contribution in [0.4, 0.5) is 0 Å². The van der Waals surface area contributed by atoms with Crippen LogP contribution in [0.15, 0.2) is 72.8 Å². The minimum Gasteiger partial charge on any atom is -0.486 e. The minimum absolute atomic E-state index is 0.0699. The van der Waals surface area contributed by atoms with Crippen LogP contribution in [0.3, 0.4) is 0 Å². The standard InChI is InChI=1S/C35H39N3O5/c1-4-5-11-29-30(36-35(43-24(2)3)37-33(29)27-9-7-6-8-10-27)23-38(21-25-12-15-28(16-13-25)34(39)40)22-26-14-17-31-32(20-26)42-19-18-41-31/h6-10,12-17,20,24H,4-5,11,18-19,21-23H2,1-3H3,(H,39,40). The first kappa shape index (κ1) is 30.0. The zero-order chi connectivity index (χ0) is 30.2. The van der Waals surface area contributed by atoms with Gasteiger partial charge in [-0.25, -0.2) is 4.79 Å². The molecule has 0 bridgehead atoms. The molecular formula is C35H39N3O5. The number of hydrogen-bond acceptors (Lipinski definition) is 7. The van der Waals surface area contributed by atoms with Crippen molar-refractivity contribution in [1.29, 1.82) is 0 Å². The van der Waals surface area contributed by atoms with E-state index in [1.807, 2.05) is 56.3 Å². The maximum Gasteiger partial charge on any atom is 0.335 e. The van der Waals surface area contributed by atoms with Crippen LogP contribution in [0.1, 0.15) is 66.4 Å². The summed E-state index contributed by atoms with van der Waals surface area (Å²) in [6.07, 6.45) is 2.84. The number of benzene rings is 3. The minimum atomic E-state index is -0.938. The molecule has 1 aromatic heterocycles. The van der Waals surface area contributed by atoms with Crippen molar-refractivity contribution in [3.8, 4) is 28.8 Å². The molecule has 1 aliphatic heterocycles. The Kier molecular flexibility index (Phi) is 9.89. The third-order valence-electron chi connectivity index (χ3n) is 7.23. The average Bonchev–Trinajstić information content (AvgIpc) is 3.00. The van der Waals surface area contributed by atoms with Crippen LogP contribution in [0, 0.1) is 0 Å². The lowest BCUT2D eigenvalue weighted by molar-refractivity contribution is 0.0697. The Balaban J connectivity index is 1.55. The van der Waals surface area contributed by atoms with Gasteiger partial charge >= 0.3 is 12.0 Å². The van der Waals surface area contributed by atoms with Crippen molar-refractivity contribution in [3.05, 3.63) is 101 Å². The number of carboxylic acid groups (broad SMARTS) is 1. The van der Waals surface area contributed by atoms with Gasteiger partial charge in [-0.05, 0) is 62.1 Å². The Labute approximate surface area is 253 Å². The van der Waals surface area contributed by atoms with Gasteiger partial charge in [0.15, 0.2) is 11.5 Å². The third-order valence-corrected chi connectivity index (χ3v) is 7.23. The normalized spacial score (nSPS) is 12.5. The number of fused-ring (bicyclic) bond motifs is 1. The molecule has 0 aliphatic carbocycles. The summed E-state index contributed by atoms with van der Waals surface area (Å²) in [6, 6.07) is 23.7. The molecule has 0 fully saturated rings. The largest absolute Gasteiger partial charge is 0.486 e. The van der Waals surface area contributed by atoms with Crippen molar-refractivity contribution in [1.82, 2.24) is 14.9 Å². The number of carbonyl (C=O) groups is 1. The second-order valence-corrected chi connectivity index (χ2v) is 11.0. The summed E-state index contributed by atoms with van der Waals surface area (Å²) in [5.74, 6) is 0.568. The monoisotopic (exact) mass is 581 g/mol. The summed E-state index contributed by atoms with van der Waals surface area (Å²) in [7, 11) is 0. The Morgan fingerprint density at radius 1 is 0.907 bits per heavy atom.